The summed E-state index contributed by atoms with van der Waals surface area (Å²) >= 11 is 0. The van der Waals surface area contributed by atoms with Crippen LogP contribution in [0.15, 0.2) is 30.3 Å². The van der Waals surface area contributed by atoms with E-state index in [1.54, 1.807) is 44.4 Å². The minimum Gasteiger partial charge on any atom is -0.347 e. The van der Waals surface area contributed by atoms with E-state index in [0.29, 0.717) is 12.1 Å². The van der Waals surface area contributed by atoms with Crippen molar-refractivity contribution < 1.29 is 33.6 Å². The molecule has 3 aliphatic rings. The Morgan fingerprint density at radius 2 is 1.53 bits per heavy atom. The van der Waals surface area contributed by atoms with Crippen molar-refractivity contribution in [1.29, 1.82) is 0 Å². The normalized spacial score (nSPS) is 22.2. The number of amides is 7. The molecule has 5 N–H and O–H groups in total. The van der Waals surface area contributed by atoms with Gasteiger partial charge in [-0.3, -0.25) is 28.8 Å². The molecule has 0 bridgehead atoms. The molecule has 0 aromatic heterocycles. The molecule has 6 atom stereocenters. The summed E-state index contributed by atoms with van der Waals surface area (Å²) < 4.78 is 0. The molecular formula is C39H59N7O7. The molecule has 14 heteroatoms. The molecule has 1 aromatic carbocycles. The largest absolute Gasteiger partial charge is 0.347 e. The molecule has 292 valence electrons. The fourth-order valence-electron chi connectivity index (χ4n) is 7.50. The average molecular weight is 738 g/mol. The summed E-state index contributed by atoms with van der Waals surface area (Å²) in [5.74, 6) is -3.88. The minimum absolute atomic E-state index is 0.0490. The number of likely N-dealkylation sites (tertiary alicyclic amines) is 1. The Bertz CT molecular complexity index is 1580. The molecule has 7 amide bonds. The van der Waals surface area contributed by atoms with Crippen LogP contribution < -0.4 is 26.6 Å². The number of Topliss-reactive ketones (excluding diaryl/α,β-unsaturated/α-hetero) is 1. The van der Waals surface area contributed by atoms with Gasteiger partial charge in [0.15, 0.2) is 0 Å². The van der Waals surface area contributed by atoms with Crippen LogP contribution in [-0.2, 0) is 28.8 Å². The predicted octanol–water partition coefficient (Wildman–Crippen LogP) is 2.29. The van der Waals surface area contributed by atoms with Crippen molar-refractivity contribution in [1.82, 2.24) is 36.4 Å². The Balaban J connectivity index is 1.48. The summed E-state index contributed by atoms with van der Waals surface area (Å²) in [5, 5.41) is 13.5. The maximum atomic E-state index is 14.3. The number of hydrogen-bond acceptors (Lipinski definition) is 7. The molecule has 1 saturated heterocycles. The number of hydrogen-bond donors (Lipinski definition) is 5. The van der Waals surface area contributed by atoms with Crippen molar-refractivity contribution in [3.8, 4) is 0 Å². The quantitative estimate of drug-likeness (QED) is 0.192. The molecular weight excluding hydrogens is 678 g/mol. The van der Waals surface area contributed by atoms with Crippen LogP contribution in [-0.4, -0.2) is 102 Å². The maximum absolute atomic E-state index is 14.3. The number of carbonyl (C=O) groups excluding carboxylic acids is 7. The number of piperidine rings is 1. The van der Waals surface area contributed by atoms with Crippen LogP contribution in [0.4, 0.5) is 4.79 Å². The van der Waals surface area contributed by atoms with E-state index >= 15 is 0 Å². The third-order valence-electron chi connectivity index (χ3n) is 10.8. The first-order chi connectivity index (χ1) is 24.5. The van der Waals surface area contributed by atoms with E-state index in [0.717, 1.165) is 19.3 Å². The second-order valence-electron chi connectivity index (χ2n) is 17.8. The summed E-state index contributed by atoms with van der Waals surface area (Å²) in [4.78, 5) is 97.0. The lowest BCUT2D eigenvalue weighted by Crippen LogP contribution is -2.62. The average Bonchev–Trinajstić information content (AvgIpc) is 3.35. The standard InChI is InChI=1S/C39H59N7O7/c1-37(2,3)31(43-36(53)44-38(4,5)6)35(52)46-21-24-27(39(24,7)8)29(46)32(49)41-25(19-22-15-14-16-22)30(48)33(50)40-20-26(47)42-28(34(51)45(9)10)23-17-12-11-13-18-23/h11-13,17-18,22,24-25,27-29,31H,14-16,19-21H2,1-10H3,(H,40,50)(H,41,49)(H,42,47)(H2,43,44,53)/t24-,25?,27-,28-,29-,31+/m0/s1. The van der Waals surface area contributed by atoms with Gasteiger partial charge in [-0.2, -0.15) is 0 Å². The highest BCUT2D eigenvalue weighted by atomic mass is 16.2. The first-order valence-electron chi connectivity index (χ1n) is 18.6. The monoisotopic (exact) mass is 737 g/mol. The van der Waals surface area contributed by atoms with Gasteiger partial charge in [0.2, 0.25) is 29.4 Å². The number of nitrogens with one attached hydrogen (secondary N) is 5. The zero-order valence-electron chi connectivity index (χ0n) is 32.9. The van der Waals surface area contributed by atoms with E-state index < -0.39 is 77.1 Å². The van der Waals surface area contributed by atoms with Gasteiger partial charge in [-0.05, 0) is 61.3 Å². The molecule has 3 fully saturated rings. The fraction of sp³-hybridized carbons (Fsp3) is 0.667. The van der Waals surface area contributed by atoms with Crippen LogP contribution in [0, 0.1) is 28.6 Å². The molecule has 1 aliphatic heterocycles. The third kappa shape index (κ3) is 9.94. The molecule has 1 unspecified atom stereocenters. The third-order valence-corrected chi connectivity index (χ3v) is 10.8. The van der Waals surface area contributed by atoms with E-state index in [-0.39, 0.29) is 35.5 Å². The van der Waals surface area contributed by atoms with Crippen molar-refractivity contribution in [3.05, 3.63) is 35.9 Å². The molecule has 4 rings (SSSR count). The number of urea groups is 1. The Morgan fingerprint density at radius 3 is 2.06 bits per heavy atom. The van der Waals surface area contributed by atoms with E-state index in [2.05, 4.69) is 26.6 Å². The molecule has 2 saturated carbocycles. The van der Waals surface area contributed by atoms with Crippen LogP contribution in [0.2, 0.25) is 0 Å². The maximum Gasteiger partial charge on any atom is 0.315 e. The second kappa shape index (κ2) is 15.9. The molecule has 14 nitrogen and oxygen atoms in total. The summed E-state index contributed by atoms with van der Waals surface area (Å²) in [7, 11) is 3.14. The molecule has 0 radical (unpaired) electrons. The van der Waals surface area contributed by atoms with Gasteiger partial charge in [-0.25, -0.2) is 4.79 Å². The van der Waals surface area contributed by atoms with Crippen LogP contribution >= 0.6 is 0 Å². The number of carbonyl (C=O) groups is 7. The van der Waals surface area contributed by atoms with E-state index in [1.165, 1.54) is 9.80 Å². The number of nitrogens with zero attached hydrogens (tertiary/aromatic N) is 2. The lowest BCUT2D eigenvalue weighted by molar-refractivity contribution is -0.145. The first-order valence-corrected chi connectivity index (χ1v) is 18.6. The first kappa shape index (κ1) is 41.3. The van der Waals surface area contributed by atoms with Gasteiger partial charge in [0.25, 0.3) is 5.91 Å². The van der Waals surface area contributed by atoms with Gasteiger partial charge in [0.05, 0.1) is 12.6 Å². The predicted molar refractivity (Wildman–Crippen MR) is 199 cm³/mol. The number of likely N-dealkylation sites (N-methyl/N-ethyl adjacent to an activating group) is 1. The molecule has 1 heterocycles. The number of benzene rings is 1. The summed E-state index contributed by atoms with van der Waals surface area (Å²) in [6, 6.07) is 4.16. The van der Waals surface area contributed by atoms with Gasteiger partial charge in [-0.15, -0.1) is 0 Å². The van der Waals surface area contributed by atoms with Gasteiger partial charge < -0.3 is 36.4 Å². The minimum atomic E-state index is -1.17. The van der Waals surface area contributed by atoms with Gasteiger partial charge >= 0.3 is 6.03 Å². The highest BCUT2D eigenvalue weighted by Gasteiger charge is 2.70. The number of rotatable bonds is 13. The van der Waals surface area contributed by atoms with Gasteiger partial charge in [-0.1, -0.05) is 84.2 Å². The van der Waals surface area contributed by atoms with Crippen LogP contribution in [0.25, 0.3) is 0 Å². The number of ketones is 1. The molecule has 0 spiro atoms. The van der Waals surface area contributed by atoms with Crippen molar-refractivity contribution in [2.45, 2.75) is 111 Å². The summed E-state index contributed by atoms with van der Waals surface area (Å²) in [5.41, 5.74) is -0.894. The summed E-state index contributed by atoms with van der Waals surface area (Å²) in [6.07, 6.45) is 2.93. The van der Waals surface area contributed by atoms with Crippen molar-refractivity contribution in [3.63, 3.8) is 0 Å². The van der Waals surface area contributed by atoms with E-state index in [9.17, 15) is 33.6 Å². The molecule has 1 aromatic rings. The Hall–Kier alpha value is -4.49. The Labute approximate surface area is 313 Å². The van der Waals surface area contributed by atoms with Crippen LogP contribution in [0.3, 0.4) is 0 Å². The van der Waals surface area contributed by atoms with Crippen molar-refractivity contribution in [2.75, 3.05) is 27.2 Å². The lowest BCUT2D eigenvalue weighted by Gasteiger charge is -2.38. The highest BCUT2D eigenvalue weighted by molar-refractivity contribution is 6.38. The Morgan fingerprint density at radius 1 is 0.906 bits per heavy atom. The van der Waals surface area contributed by atoms with Crippen LogP contribution in [0.5, 0.6) is 0 Å². The van der Waals surface area contributed by atoms with Crippen molar-refractivity contribution >= 4 is 41.4 Å². The van der Waals surface area contributed by atoms with Crippen LogP contribution in [0.1, 0.15) is 92.7 Å². The second-order valence-corrected chi connectivity index (χ2v) is 17.8. The van der Waals surface area contributed by atoms with E-state index in [1.807, 2.05) is 55.4 Å². The SMILES string of the molecule is CN(C)C(=O)[C@@H](NC(=O)CNC(=O)C(=O)C(CC1CCC1)NC(=O)[C@@H]1[C@@H]2[C@H](CN1C(=O)[C@@H](NC(=O)NC(C)(C)C)C(C)(C)C)C2(C)C)c1ccccc1. The van der Waals surface area contributed by atoms with E-state index in [4.69, 9.17) is 0 Å². The zero-order valence-corrected chi connectivity index (χ0v) is 32.9. The van der Waals surface area contributed by atoms with Gasteiger partial charge in [0, 0.05) is 26.2 Å². The summed E-state index contributed by atoms with van der Waals surface area (Å²) in [6.45, 7) is 14.9. The lowest BCUT2D eigenvalue weighted by atomic mass is 9.80. The fourth-order valence-corrected chi connectivity index (χ4v) is 7.50. The number of fused-ring (bicyclic) bond motifs is 1. The highest BCUT2D eigenvalue weighted by Crippen LogP contribution is 2.65. The zero-order chi connectivity index (χ0) is 39.6. The molecule has 53 heavy (non-hydrogen) atoms. The Kier molecular flexibility index (Phi) is 12.3. The smallest absolute Gasteiger partial charge is 0.315 e. The topological polar surface area (TPSA) is 186 Å². The molecule has 2 aliphatic carbocycles. The van der Waals surface area contributed by atoms with Gasteiger partial charge in [0.1, 0.15) is 18.1 Å². The van der Waals surface area contributed by atoms with Crippen molar-refractivity contribution in [2.24, 2.45) is 28.6 Å².